The number of aromatic nitrogens is 2. The zero-order valence-electron chi connectivity index (χ0n) is 14.5. The summed E-state index contributed by atoms with van der Waals surface area (Å²) < 4.78 is 38.4. The molecule has 0 unspecified atom stereocenters. The van der Waals surface area contributed by atoms with Crippen LogP contribution in [0.4, 0.5) is 0 Å². The minimum absolute atomic E-state index is 0.129. The Balaban J connectivity index is 1.81. The predicted octanol–water partition coefficient (Wildman–Crippen LogP) is 2.92. The molecular weight excluding hydrogens is 354 g/mol. The van der Waals surface area contributed by atoms with Gasteiger partial charge in [-0.15, -0.1) is 0 Å². The summed E-state index contributed by atoms with van der Waals surface area (Å²) in [6.45, 7) is 4.19. The summed E-state index contributed by atoms with van der Waals surface area (Å²) in [7, 11) is -3.71. The van der Waals surface area contributed by atoms with E-state index in [4.69, 9.17) is 9.26 Å². The Bertz CT molecular complexity index is 999. The highest BCUT2D eigenvalue weighted by atomic mass is 32.2. The van der Waals surface area contributed by atoms with Gasteiger partial charge in [0.05, 0.1) is 11.5 Å². The molecule has 1 heterocycles. The van der Waals surface area contributed by atoms with Gasteiger partial charge < -0.3 is 9.26 Å². The van der Waals surface area contributed by atoms with Crippen molar-refractivity contribution in [1.29, 1.82) is 0 Å². The second-order valence-electron chi connectivity index (χ2n) is 5.53. The van der Waals surface area contributed by atoms with Crippen molar-refractivity contribution in [1.82, 2.24) is 14.9 Å². The highest BCUT2D eigenvalue weighted by Crippen LogP contribution is 2.21. The van der Waals surface area contributed by atoms with E-state index in [0.717, 1.165) is 5.56 Å². The van der Waals surface area contributed by atoms with E-state index in [9.17, 15) is 8.42 Å². The van der Waals surface area contributed by atoms with Gasteiger partial charge in [-0.3, -0.25) is 0 Å². The minimum atomic E-state index is -3.71. The minimum Gasteiger partial charge on any atom is -0.494 e. The lowest BCUT2D eigenvalue weighted by Crippen LogP contribution is -2.23. The van der Waals surface area contributed by atoms with Crippen molar-refractivity contribution in [3.05, 3.63) is 60.0 Å². The normalized spacial score (nSPS) is 11.5. The SMILES string of the molecule is CCOc1ccccc1CNS(=O)(=O)c1cccc(-c2noc(C)n2)c1. The number of hydrogen-bond donors (Lipinski definition) is 1. The van der Waals surface area contributed by atoms with E-state index in [1.165, 1.54) is 12.1 Å². The van der Waals surface area contributed by atoms with E-state index < -0.39 is 10.0 Å². The molecule has 0 saturated carbocycles. The Labute approximate surface area is 152 Å². The number of sulfonamides is 1. The number of hydrogen-bond acceptors (Lipinski definition) is 6. The lowest BCUT2D eigenvalue weighted by molar-refractivity contribution is 0.336. The third-order valence-electron chi connectivity index (χ3n) is 3.66. The van der Waals surface area contributed by atoms with Gasteiger partial charge in [-0.1, -0.05) is 35.5 Å². The quantitative estimate of drug-likeness (QED) is 0.684. The maximum absolute atomic E-state index is 12.6. The molecule has 7 nitrogen and oxygen atoms in total. The highest BCUT2D eigenvalue weighted by molar-refractivity contribution is 7.89. The number of ether oxygens (including phenoxy) is 1. The largest absolute Gasteiger partial charge is 0.494 e. The van der Waals surface area contributed by atoms with Gasteiger partial charge in [0.15, 0.2) is 0 Å². The molecule has 1 N–H and O–H groups in total. The predicted molar refractivity (Wildman–Crippen MR) is 96.1 cm³/mol. The average Bonchev–Trinajstić information content (AvgIpc) is 3.08. The van der Waals surface area contributed by atoms with Crippen molar-refractivity contribution in [3.63, 3.8) is 0 Å². The molecular formula is C18H19N3O4S. The fraction of sp³-hybridized carbons (Fsp3) is 0.222. The summed E-state index contributed by atoms with van der Waals surface area (Å²) in [4.78, 5) is 4.25. The molecule has 0 atom stereocenters. The molecule has 136 valence electrons. The van der Waals surface area contributed by atoms with Crippen molar-refractivity contribution in [2.45, 2.75) is 25.3 Å². The van der Waals surface area contributed by atoms with Crippen LogP contribution in [0.15, 0.2) is 57.9 Å². The van der Waals surface area contributed by atoms with E-state index in [1.54, 1.807) is 19.1 Å². The van der Waals surface area contributed by atoms with E-state index in [0.29, 0.717) is 29.6 Å². The summed E-state index contributed by atoms with van der Waals surface area (Å²) >= 11 is 0. The molecule has 26 heavy (non-hydrogen) atoms. The summed E-state index contributed by atoms with van der Waals surface area (Å²) in [5.41, 5.74) is 1.34. The van der Waals surface area contributed by atoms with E-state index in [1.807, 2.05) is 31.2 Å². The monoisotopic (exact) mass is 373 g/mol. The smallest absolute Gasteiger partial charge is 0.240 e. The first kappa shape index (κ1) is 18.1. The lowest BCUT2D eigenvalue weighted by Gasteiger charge is -2.11. The van der Waals surface area contributed by atoms with Gasteiger partial charge >= 0.3 is 0 Å². The van der Waals surface area contributed by atoms with Gasteiger partial charge in [0.2, 0.25) is 21.7 Å². The standard InChI is InChI=1S/C18H19N3O4S/c1-3-24-17-10-5-4-7-15(17)12-19-26(22,23)16-9-6-8-14(11-16)18-20-13(2)25-21-18/h4-11,19H,3,12H2,1-2H3. The van der Waals surface area contributed by atoms with Crippen LogP contribution < -0.4 is 9.46 Å². The first-order chi connectivity index (χ1) is 12.5. The van der Waals surface area contributed by atoms with Gasteiger partial charge in [-0.05, 0) is 25.1 Å². The summed E-state index contributed by atoms with van der Waals surface area (Å²) in [6, 6.07) is 13.7. The molecule has 0 amide bonds. The zero-order valence-corrected chi connectivity index (χ0v) is 15.3. The fourth-order valence-corrected chi connectivity index (χ4v) is 3.47. The number of benzene rings is 2. The molecule has 1 aromatic heterocycles. The lowest BCUT2D eigenvalue weighted by atomic mass is 10.2. The van der Waals surface area contributed by atoms with Crippen LogP contribution in [0, 0.1) is 6.92 Å². The molecule has 0 aliphatic carbocycles. The molecule has 0 aliphatic heterocycles. The summed E-state index contributed by atoms with van der Waals surface area (Å²) in [6.07, 6.45) is 0. The van der Waals surface area contributed by atoms with Gasteiger partial charge in [0.1, 0.15) is 5.75 Å². The zero-order chi connectivity index (χ0) is 18.6. The van der Waals surface area contributed by atoms with Crippen molar-refractivity contribution in [2.24, 2.45) is 0 Å². The molecule has 8 heteroatoms. The third kappa shape index (κ3) is 4.09. The summed E-state index contributed by atoms with van der Waals surface area (Å²) in [5, 5.41) is 3.82. The summed E-state index contributed by atoms with van der Waals surface area (Å²) in [5.74, 6) is 1.42. The van der Waals surface area contributed by atoms with E-state index in [2.05, 4.69) is 14.9 Å². The number of nitrogens with one attached hydrogen (secondary N) is 1. The van der Waals surface area contributed by atoms with Crippen LogP contribution in [-0.4, -0.2) is 25.2 Å². The van der Waals surface area contributed by atoms with Crippen molar-refractivity contribution < 1.29 is 17.7 Å². The number of aryl methyl sites for hydroxylation is 1. The Kier molecular flexibility index (Phi) is 5.34. The second kappa shape index (κ2) is 7.67. The first-order valence-corrected chi connectivity index (χ1v) is 9.59. The fourth-order valence-electron chi connectivity index (χ4n) is 2.42. The second-order valence-corrected chi connectivity index (χ2v) is 7.30. The maximum Gasteiger partial charge on any atom is 0.240 e. The molecule has 3 aromatic rings. The van der Waals surface area contributed by atoms with E-state index in [-0.39, 0.29) is 11.4 Å². The van der Waals surface area contributed by atoms with Crippen LogP contribution in [0.3, 0.4) is 0 Å². The number of nitrogens with zero attached hydrogens (tertiary/aromatic N) is 2. The van der Waals surface area contributed by atoms with Crippen LogP contribution in [-0.2, 0) is 16.6 Å². The van der Waals surface area contributed by atoms with Crippen LogP contribution in [0.2, 0.25) is 0 Å². The van der Waals surface area contributed by atoms with Crippen LogP contribution in [0.25, 0.3) is 11.4 Å². The molecule has 0 bridgehead atoms. The number of para-hydroxylation sites is 1. The van der Waals surface area contributed by atoms with Crippen molar-refractivity contribution in [2.75, 3.05) is 6.61 Å². The van der Waals surface area contributed by atoms with Crippen molar-refractivity contribution >= 4 is 10.0 Å². The number of rotatable bonds is 7. The van der Waals surface area contributed by atoms with Gasteiger partial charge in [-0.25, -0.2) is 13.1 Å². The van der Waals surface area contributed by atoms with Gasteiger partial charge in [0.25, 0.3) is 0 Å². The molecule has 0 saturated heterocycles. The molecule has 2 aromatic carbocycles. The average molecular weight is 373 g/mol. The molecule has 0 aliphatic rings. The first-order valence-electron chi connectivity index (χ1n) is 8.10. The topological polar surface area (TPSA) is 94.3 Å². The van der Waals surface area contributed by atoms with Gasteiger partial charge in [0, 0.05) is 24.6 Å². The van der Waals surface area contributed by atoms with Crippen LogP contribution in [0.1, 0.15) is 18.4 Å². The third-order valence-corrected chi connectivity index (χ3v) is 5.05. The Morgan fingerprint density at radius 1 is 1.15 bits per heavy atom. The molecule has 0 spiro atoms. The maximum atomic E-state index is 12.6. The Hall–Kier alpha value is -2.71. The van der Waals surface area contributed by atoms with Crippen LogP contribution in [0.5, 0.6) is 5.75 Å². The Morgan fingerprint density at radius 2 is 1.96 bits per heavy atom. The molecule has 0 fully saturated rings. The van der Waals surface area contributed by atoms with Crippen LogP contribution >= 0.6 is 0 Å². The van der Waals surface area contributed by atoms with Crippen molar-refractivity contribution in [3.8, 4) is 17.1 Å². The Morgan fingerprint density at radius 3 is 2.69 bits per heavy atom. The van der Waals surface area contributed by atoms with E-state index >= 15 is 0 Å². The van der Waals surface area contributed by atoms with Gasteiger partial charge in [-0.2, -0.15) is 4.98 Å². The molecule has 3 rings (SSSR count). The molecule has 0 radical (unpaired) electrons. The highest BCUT2D eigenvalue weighted by Gasteiger charge is 2.17.